The SMILES string of the molecule is c1ccc([Si](c2ccccc2)(c2ccccc2)c2cccc(-c3nc(-c4cc([Si](c5ccccc5)(c5ccccc5)c5ccccc5)cc([Si](c5ccccc5)(c5ccccc5)c5ccccc5)c4)nc(-n4c5ccccc5c5ccccc54)n3)c2)cc1. The number of rotatable bonds is 15. The zero-order valence-corrected chi connectivity index (χ0v) is 51.4. The highest BCUT2D eigenvalue weighted by Crippen LogP contribution is 2.33. The molecule has 7 heteroatoms. The van der Waals surface area contributed by atoms with Gasteiger partial charge in [-0.15, -0.1) is 0 Å². The second-order valence-corrected chi connectivity index (χ2v) is 34.0. The van der Waals surface area contributed by atoms with Crippen LogP contribution in [0, 0.1) is 0 Å². The number of hydrogen-bond donors (Lipinski definition) is 0. The maximum Gasteiger partial charge on any atom is 0.238 e. The summed E-state index contributed by atoms with van der Waals surface area (Å²) in [5, 5.41) is 17.5. The van der Waals surface area contributed by atoms with Gasteiger partial charge in [-0.3, -0.25) is 4.57 Å². The van der Waals surface area contributed by atoms with E-state index in [4.69, 9.17) is 15.0 Å². The summed E-state index contributed by atoms with van der Waals surface area (Å²) in [6.45, 7) is 0. The van der Waals surface area contributed by atoms with Crippen molar-refractivity contribution >= 4 is 108 Å². The van der Waals surface area contributed by atoms with Crippen LogP contribution in [-0.2, 0) is 0 Å². The van der Waals surface area contributed by atoms with Crippen molar-refractivity contribution < 1.29 is 0 Å². The van der Waals surface area contributed by atoms with E-state index in [1.807, 2.05) is 0 Å². The molecule has 88 heavy (non-hydrogen) atoms. The summed E-state index contributed by atoms with van der Waals surface area (Å²) >= 11 is 0. The average Bonchev–Trinajstić information content (AvgIpc) is 0.971. The zero-order valence-electron chi connectivity index (χ0n) is 48.4. The lowest BCUT2D eigenvalue weighted by Gasteiger charge is -2.38. The number of nitrogens with zero attached hydrogens (tertiary/aromatic N) is 4. The van der Waals surface area contributed by atoms with Gasteiger partial charge in [0.15, 0.2) is 35.9 Å². The molecule has 0 saturated carbocycles. The first-order valence-electron chi connectivity index (χ1n) is 30.2. The van der Waals surface area contributed by atoms with E-state index in [0.717, 1.165) is 32.9 Å². The summed E-state index contributed by atoms with van der Waals surface area (Å²) in [6, 6.07) is 135. The Balaban J connectivity index is 1.09. The molecular weight excluding hydrogens is 1110 g/mol. The van der Waals surface area contributed by atoms with Crippen LogP contribution in [0.25, 0.3) is 50.5 Å². The van der Waals surface area contributed by atoms with Gasteiger partial charge in [-0.2, -0.15) is 9.97 Å². The molecule has 0 spiro atoms. The van der Waals surface area contributed by atoms with E-state index in [-0.39, 0.29) is 0 Å². The van der Waals surface area contributed by atoms with Crippen LogP contribution in [-0.4, -0.2) is 43.7 Å². The van der Waals surface area contributed by atoms with Gasteiger partial charge in [0.25, 0.3) is 0 Å². The largest absolute Gasteiger partial charge is 0.278 e. The lowest BCUT2D eigenvalue weighted by Crippen LogP contribution is -2.78. The van der Waals surface area contributed by atoms with Crippen LogP contribution in [0.5, 0.6) is 0 Å². The fraction of sp³-hybridized carbons (Fsp3) is 0. The maximum absolute atomic E-state index is 5.88. The third-order valence-corrected chi connectivity index (χ3v) is 32.2. The van der Waals surface area contributed by atoms with E-state index >= 15 is 0 Å². The van der Waals surface area contributed by atoms with Crippen LogP contribution in [0.3, 0.4) is 0 Å². The second-order valence-electron chi connectivity index (χ2n) is 22.6. The minimum absolute atomic E-state index is 0.544. The molecule has 2 heterocycles. The zero-order chi connectivity index (χ0) is 58.7. The predicted octanol–water partition coefficient (Wildman–Crippen LogP) is 10.4. The molecule has 0 bridgehead atoms. The van der Waals surface area contributed by atoms with Crippen molar-refractivity contribution in [2.45, 2.75) is 0 Å². The third-order valence-electron chi connectivity index (χ3n) is 17.9. The Morgan fingerprint density at radius 1 is 0.193 bits per heavy atom. The van der Waals surface area contributed by atoms with Crippen LogP contribution >= 0.6 is 0 Å². The highest BCUT2D eigenvalue weighted by Gasteiger charge is 2.47. The lowest BCUT2D eigenvalue weighted by molar-refractivity contribution is 0.954. The van der Waals surface area contributed by atoms with E-state index in [2.05, 4.69) is 369 Å². The smallest absolute Gasteiger partial charge is 0.238 e. The molecule has 15 aromatic rings. The fourth-order valence-corrected chi connectivity index (χ4v) is 28.7. The van der Waals surface area contributed by atoms with E-state index in [9.17, 15) is 0 Å². The summed E-state index contributed by atoms with van der Waals surface area (Å²) in [5.74, 6) is 1.72. The van der Waals surface area contributed by atoms with Crippen molar-refractivity contribution in [3.05, 3.63) is 364 Å². The summed E-state index contributed by atoms with van der Waals surface area (Å²) in [4.78, 5) is 17.4. The Morgan fingerprint density at radius 2 is 0.443 bits per heavy atom. The highest BCUT2D eigenvalue weighted by atomic mass is 28.3. The third kappa shape index (κ3) is 9.14. The molecule has 2 aromatic heterocycles. The van der Waals surface area contributed by atoms with E-state index in [0.29, 0.717) is 17.6 Å². The molecule has 0 fully saturated rings. The van der Waals surface area contributed by atoms with Gasteiger partial charge in [0.2, 0.25) is 5.95 Å². The molecule has 0 N–H and O–H groups in total. The normalized spacial score (nSPS) is 11.9. The molecule has 0 amide bonds. The summed E-state index contributed by atoms with van der Waals surface area (Å²) < 4.78 is 2.25. The van der Waals surface area contributed by atoms with Crippen LogP contribution in [0.1, 0.15) is 0 Å². The van der Waals surface area contributed by atoms with Crippen LogP contribution in [0.2, 0.25) is 0 Å². The lowest BCUT2D eigenvalue weighted by atomic mass is 10.2. The quantitative estimate of drug-likeness (QED) is 0.0759. The monoisotopic (exact) mass is 1170 g/mol. The van der Waals surface area contributed by atoms with E-state index in [1.165, 1.54) is 62.2 Å². The van der Waals surface area contributed by atoms with E-state index < -0.39 is 24.2 Å². The molecule has 0 radical (unpaired) electrons. The topological polar surface area (TPSA) is 43.6 Å². The van der Waals surface area contributed by atoms with Gasteiger partial charge in [0, 0.05) is 21.9 Å². The van der Waals surface area contributed by atoms with Crippen molar-refractivity contribution in [3.63, 3.8) is 0 Å². The van der Waals surface area contributed by atoms with Gasteiger partial charge in [0.05, 0.1) is 11.0 Å². The fourth-order valence-electron chi connectivity index (χ4n) is 14.1. The van der Waals surface area contributed by atoms with Crippen molar-refractivity contribution in [3.8, 4) is 28.7 Å². The molecule has 0 aliphatic carbocycles. The summed E-state index contributed by atoms with van der Waals surface area (Å²) in [6.07, 6.45) is 0. The Labute approximate surface area is 517 Å². The van der Waals surface area contributed by atoms with E-state index in [1.54, 1.807) is 0 Å². The second kappa shape index (κ2) is 23.3. The highest BCUT2D eigenvalue weighted by molar-refractivity contribution is 7.22. The Kier molecular flexibility index (Phi) is 14.3. The number of aromatic nitrogens is 4. The molecule has 0 aliphatic heterocycles. The predicted molar refractivity (Wildman–Crippen MR) is 376 cm³/mol. The molecule has 0 aliphatic rings. The first-order valence-corrected chi connectivity index (χ1v) is 36.2. The molecule has 0 unspecified atom stereocenters. The van der Waals surface area contributed by atoms with Crippen molar-refractivity contribution in [2.24, 2.45) is 0 Å². The molecular formula is C81H60N4Si3. The number of para-hydroxylation sites is 2. The molecule has 4 nitrogen and oxygen atoms in total. The summed E-state index contributed by atoms with van der Waals surface area (Å²) in [5.41, 5.74) is 3.86. The van der Waals surface area contributed by atoms with Gasteiger partial charge in [-0.1, -0.05) is 352 Å². The molecule has 0 saturated heterocycles. The summed E-state index contributed by atoms with van der Waals surface area (Å²) in [7, 11) is -9.54. The molecule has 0 atom stereocenters. The number of fused-ring (bicyclic) bond motifs is 3. The number of benzene rings is 13. The first-order chi connectivity index (χ1) is 43.6. The Hall–Kier alpha value is -10.7. The first kappa shape index (κ1) is 54.0. The van der Waals surface area contributed by atoms with Crippen LogP contribution in [0.15, 0.2) is 364 Å². The minimum atomic E-state index is -3.27. The van der Waals surface area contributed by atoms with Gasteiger partial charge in [0.1, 0.15) is 0 Å². The van der Waals surface area contributed by atoms with Crippen molar-refractivity contribution in [1.29, 1.82) is 0 Å². The molecule has 13 aromatic carbocycles. The maximum atomic E-state index is 5.88. The van der Waals surface area contributed by atoms with Crippen molar-refractivity contribution in [1.82, 2.24) is 19.5 Å². The van der Waals surface area contributed by atoms with Gasteiger partial charge >= 0.3 is 0 Å². The van der Waals surface area contributed by atoms with Gasteiger partial charge in [-0.05, 0) is 74.4 Å². The Bertz CT molecular complexity index is 4400. The molecule has 416 valence electrons. The van der Waals surface area contributed by atoms with Gasteiger partial charge in [-0.25, -0.2) is 4.98 Å². The minimum Gasteiger partial charge on any atom is -0.278 e. The van der Waals surface area contributed by atoms with Crippen LogP contribution < -0.4 is 62.2 Å². The number of hydrogen-bond acceptors (Lipinski definition) is 3. The van der Waals surface area contributed by atoms with Gasteiger partial charge < -0.3 is 0 Å². The average molecular weight is 1170 g/mol. The van der Waals surface area contributed by atoms with Crippen molar-refractivity contribution in [2.75, 3.05) is 0 Å². The Morgan fingerprint density at radius 3 is 0.761 bits per heavy atom. The van der Waals surface area contributed by atoms with Crippen LogP contribution in [0.4, 0.5) is 0 Å². The molecule has 15 rings (SSSR count). The standard InChI is InChI=1S/C81H60N4Si3/c1-10-34-63(35-11-1)86(64-36-12-2-13-37-64,65-38-14-3-15-39-65)72-52-32-33-61(57-72)79-82-80(84-81(83-79)85-77-55-30-28-53-75(77)76-54-29-31-56-78(76)85)62-58-73(87(66-40-16-4-17-41-66,67-42-18-5-19-43-67)68-44-20-6-21-45-68)60-74(59-62)88(69-46-22-7-23-47-69,70-48-24-8-25-49-70)71-50-26-9-27-51-71/h1-60H.